The van der Waals surface area contributed by atoms with Gasteiger partial charge in [0, 0.05) is 36.3 Å². The van der Waals surface area contributed by atoms with Gasteiger partial charge in [0.1, 0.15) is 22.6 Å². The molecule has 0 spiro atoms. The lowest BCUT2D eigenvalue weighted by atomic mass is 9.45. The quantitative estimate of drug-likeness (QED) is 0.109. The van der Waals surface area contributed by atoms with Crippen molar-refractivity contribution in [3.63, 3.8) is 0 Å². The van der Waals surface area contributed by atoms with Crippen LogP contribution in [-0.2, 0) is 19.1 Å². The minimum Gasteiger partial charge on any atom is -0.454 e. The molecule has 10 heteroatoms. The Kier molecular flexibility index (Phi) is 8.00. The molecular formula is C31H40FN2O6S+. The van der Waals surface area contributed by atoms with Crippen LogP contribution in [0.2, 0.25) is 0 Å². The lowest BCUT2D eigenvalue weighted by Gasteiger charge is -2.61. The number of fused-ring (bicyclic) bond motifs is 5. The van der Waals surface area contributed by atoms with Gasteiger partial charge in [0.2, 0.25) is 0 Å². The molecule has 0 bridgehead atoms. The van der Waals surface area contributed by atoms with Gasteiger partial charge in [-0.25, -0.2) is 9.18 Å². The molecule has 8 atom stereocenters. The fraction of sp³-hybridized carbons (Fsp3) is 0.581. The molecule has 3 unspecified atom stereocenters. The van der Waals surface area contributed by atoms with Gasteiger partial charge in [0.15, 0.2) is 12.2 Å². The summed E-state index contributed by atoms with van der Waals surface area (Å²) < 4.78 is 24.2. The van der Waals surface area contributed by atoms with Gasteiger partial charge in [-0.1, -0.05) is 19.4 Å². The molecular weight excluding hydrogens is 547 g/mol. The van der Waals surface area contributed by atoms with Gasteiger partial charge in [-0.05, 0) is 79.9 Å². The van der Waals surface area contributed by atoms with Gasteiger partial charge in [0.25, 0.3) is 0 Å². The van der Waals surface area contributed by atoms with Crippen molar-refractivity contribution >= 4 is 36.5 Å². The number of carbonyl (C=O) groups is 2. The Morgan fingerprint density at radius 1 is 1.27 bits per heavy atom. The minimum atomic E-state index is -1.33. The second-order valence-electron chi connectivity index (χ2n) is 12.7. The number of halogens is 1. The van der Waals surface area contributed by atoms with Crippen LogP contribution < -0.4 is 5.32 Å². The van der Waals surface area contributed by atoms with Crippen molar-refractivity contribution in [3.8, 4) is 0 Å². The monoisotopic (exact) mass is 587 g/mol. The Labute approximate surface area is 245 Å². The number of thiol groups is 1. The van der Waals surface area contributed by atoms with Crippen LogP contribution in [0.15, 0.2) is 47.2 Å². The molecule has 0 radical (unpaired) electrons. The molecule has 4 aliphatic carbocycles. The van der Waals surface area contributed by atoms with E-state index in [2.05, 4.69) is 25.6 Å². The number of allylic oxidation sites excluding steroid dienone is 3. The normalized spacial score (nSPS) is 36.8. The highest BCUT2D eigenvalue weighted by Crippen LogP contribution is 2.69. The van der Waals surface area contributed by atoms with Crippen molar-refractivity contribution in [1.82, 2.24) is 0 Å². The summed E-state index contributed by atoms with van der Waals surface area (Å²) in [7, 11) is 0. The zero-order chi connectivity index (χ0) is 29.7. The topological polar surface area (TPSA) is 134 Å². The molecule has 5 rings (SSSR count). The number of ether oxygens (including phenoxy) is 2. The fourth-order valence-electron chi connectivity index (χ4n) is 8.79. The van der Waals surface area contributed by atoms with E-state index in [0.717, 1.165) is 29.8 Å². The average molecular weight is 588 g/mol. The van der Waals surface area contributed by atoms with Crippen molar-refractivity contribution in [1.29, 1.82) is 5.41 Å². The Morgan fingerprint density at radius 3 is 2.61 bits per heavy atom. The van der Waals surface area contributed by atoms with Crippen LogP contribution in [-0.4, -0.2) is 52.1 Å². The van der Waals surface area contributed by atoms with Crippen LogP contribution in [0, 0.1) is 39.8 Å². The van der Waals surface area contributed by atoms with Crippen molar-refractivity contribution < 1.29 is 39.0 Å². The molecule has 8 nitrogen and oxygen atoms in total. The molecule has 5 N–H and O–H groups in total. The number of benzene rings is 1. The SMILES string of the molecule is CC(=O)OCC(=O)O[C@]1(C(O)S)CCC2[C@@H]3CCC4=CC([NH2+]c5ccc(F)cc5)=C(C=N)C[C@]4(C)C3[C@@H](O)C[C@@]21C. The maximum atomic E-state index is 13.5. The Balaban J connectivity index is 1.43. The zero-order valence-electron chi connectivity index (χ0n) is 23.7. The summed E-state index contributed by atoms with van der Waals surface area (Å²) in [6.07, 6.45) is 6.49. The Bertz CT molecular complexity index is 1300. The van der Waals surface area contributed by atoms with Crippen LogP contribution in [0.3, 0.4) is 0 Å². The summed E-state index contributed by atoms with van der Waals surface area (Å²) in [6.45, 7) is 4.83. The van der Waals surface area contributed by atoms with E-state index in [1.807, 2.05) is 12.2 Å². The van der Waals surface area contributed by atoms with E-state index < -0.39 is 41.1 Å². The maximum Gasteiger partial charge on any atom is 0.344 e. The first-order valence-corrected chi connectivity index (χ1v) is 14.8. The van der Waals surface area contributed by atoms with Gasteiger partial charge in [-0.3, -0.25) is 10.1 Å². The third kappa shape index (κ3) is 4.96. The molecule has 0 aromatic heterocycles. The van der Waals surface area contributed by atoms with E-state index in [-0.39, 0.29) is 29.0 Å². The van der Waals surface area contributed by atoms with Crippen molar-refractivity contribution in [3.05, 3.63) is 53.0 Å². The average Bonchev–Trinajstić information content (AvgIpc) is 3.20. The van der Waals surface area contributed by atoms with Crippen molar-refractivity contribution in [2.45, 2.75) is 76.4 Å². The summed E-state index contributed by atoms with van der Waals surface area (Å²) in [4.78, 5) is 24.0. The summed E-state index contributed by atoms with van der Waals surface area (Å²) in [5.74, 6) is -1.54. The highest BCUT2D eigenvalue weighted by atomic mass is 32.1. The number of aliphatic hydroxyl groups is 2. The van der Waals surface area contributed by atoms with Crippen LogP contribution in [0.25, 0.3) is 0 Å². The highest BCUT2D eigenvalue weighted by Gasteiger charge is 2.70. The molecule has 222 valence electrons. The van der Waals surface area contributed by atoms with Gasteiger partial charge in [0.05, 0.1) is 6.10 Å². The fourth-order valence-corrected chi connectivity index (χ4v) is 9.26. The van der Waals surface area contributed by atoms with Gasteiger partial charge < -0.3 is 25.1 Å². The van der Waals surface area contributed by atoms with Crippen LogP contribution in [0.4, 0.5) is 10.1 Å². The molecule has 4 aliphatic rings. The largest absolute Gasteiger partial charge is 0.454 e. The number of carbonyl (C=O) groups excluding carboxylic acids is 2. The lowest BCUT2D eigenvalue weighted by Crippen LogP contribution is -2.76. The second kappa shape index (κ2) is 10.9. The maximum absolute atomic E-state index is 13.5. The molecule has 1 aromatic carbocycles. The first-order valence-electron chi connectivity index (χ1n) is 14.3. The lowest BCUT2D eigenvalue weighted by molar-refractivity contribution is -0.513. The summed E-state index contributed by atoms with van der Waals surface area (Å²) in [5.41, 5.74) is 0.195. The predicted octanol–water partition coefficient (Wildman–Crippen LogP) is 3.56. The molecule has 0 saturated heterocycles. The molecule has 0 amide bonds. The summed E-state index contributed by atoms with van der Waals surface area (Å²) in [6, 6.07) is 6.29. The number of nitrogens with one attached hydrogen (secondary N) is 1. The molecule has 0 heterocycles. The third-order valence-electron chi connectivity index (χ3n) is 10.6. The van der Waals surface area contributed by atoms with E-state index >= 15 is 0 Å². The standard InChI is InChI=1S/C31H39FN2O6S/c1-17(35)39-16-26(37)40-31(28(38)41)11-10-23-22-9-4-19-12-24(34-21-7-5-20(32)6-8-21)18(15-33)13-29(19,2)27(22)25(36)14-30(23,31)3/h5-8,12,15,22-23,25,27-28,33-34,36,38,41H,4,9-11,13-14,16H2,1-3H3/p+1/t22-,23?,25-,27?,28?,29-,30-,31-/m0/s1. The number of esters is 2. The number of hydrogen-bond donors (Lipinski definition) is 5. The number of aliphatic hydroxyl groups excluding tert-OH is 2. The number of rotatable bonds is 7. The third-order valence-corrected chi connectivity index (χ3v) is 11.0. The number of nitrogens with two attached hydrogens (primary N) is 1. The van der Waals surface area contributed by atoms with E-state index in [0.29, 0.717) is 25.7 Å². The molecule has 0 aliphatic heterocycles. The van der Waals surface area contributed by atoms with Crippen molar-refractivity contribution in [2.24, 2.45) is 28.6 Å². The first kappa shape index (κ1) is 29.9. The summed E-state index contributed by atoms with van der Waals surface area (Å²) in [5, 5.41) is 33.0. The van der Waals surface area contributed by atoms with Gasteiger partial charge >= 0.3 is 11.9 Å². The van der Waals surface area contributed by atoms with E-state index in [4.69, 9.17) is 14.9 Å². The Morgan fingerprint density at radius 2 is 1.98 bits per heavy atom. The Hall–Kier alpha value is -2.53. The van der Waals surface area contributed by atoms with Gasteiger partial charge in [-0.15, -0.1) is 12.6 Å². The zero-order valence-corrected chi connectivity index (χ0v) is 24.6. The van der Waals surface area contributed by atoms with E-state index in [1.54, 1.807) is 12.1 Å². The number of quaternary nitrogens is 1. The second-order valence-corrected chi connectivity index (χ2v) is 13.2. The molecule has 3 fully saturated rings. The predicted molar refractivity (Wildman–Crippen MR) is 153 cm³/mol. The van der Waals surface area contributed by atoms with Crippen molar-refractivity contribution in [2.75, 3.05) is 6.61 Å². The van der Waals surface area contributed by atoms with Crippen LogP contribution >= 0.6 is 12.6 Å². The summed E-state index contributed by atoms with van der Waals surface area (Å²) >= 11 is 4.38. The molecule has 1 aromatic rings. The van der Waals surface area contributed by atoms with E-state index in [1.165, 1.54) is 30.8 Å². The van der Waals surface area contributed by atoms with E-state index in [9.17, 15) is 24.2 Å². The highest BCUT2D eigenvalue weighted by molar-refractivity contribution is 7.80. The molecule has 3 saturated carbocycles. The first-order chi connectivity index (χ1) is 19.3. The van der Waals surface area contributed by atoms with Crippen LogP contribution in [0.1, 0.15) is 59.3 Å². The smallest absolute Gasteiger partial charge is 0.344 e. The minimum absolute atomic E-state index is 0.0668. The number of hydrogen-bond acceptors (Lipinski definition) is 8. The van der Waals surface area contributed by atoms with Gasteiger partial charge in [-0.2, -0.15) is 0 Å². The molecule has 41 heavy (non-hydrogen) atoms. The van der Waals surface area contributed by atoms with Crippen LogP contribution in [0.5, 0.6) is 0 Å².